The van der Waals surface area contributed by atoms with E-state index in [0.29, 0.717) is 23.2 Å². The summed E-state index contributed by atoms with van der Waals surface area (Å²) in [6.45, 7) is 0. The summed E-state index contributed by atoms with van der Waals surface area (Å²) in [5.74, 6) is 0.945. The molecule has 2 fully saturated rings. The van der Waals surface area contributed by atoms with Crippen LogP contribution < -0.4 is 0 Å². The Morgan fingerprint density at radius 3 is 2.50 bits per heavy atom. The van der Waals surface area contributed by atoms with Crippen LogP contribution in [0.1, 0.15) is 41.1 Å². The third kappa shape index (κ3) is 1.65. The molecule has 0 heterocycles. The normalized spacial score (nSPS) is 29.6. The molecule has 3 heteroatoms. The van der Waals surface area contributed by atoms with Gasteiger partial charge >= 0.3 is 5.97 Å². The minimum absolute atomic E-state index is 0.0652. The number of hydrogen-bond acceptors (Lipinski definition) is 3. The monoisotopic (exact) mass is 244 g/mol. The summed E-state index contributed by atoms with van der Waals surface area (Å²) >= 11 is 0. The molecule has 1 aromatic carbocycles. The largest absolute Gasteiger partial charge is 0.465 e. The molecule has 94 valence electrons. The Morgan fingerprint density at radius 1 is 1.22 bits per heavy atom. The average molecular weight is 244 g/mol. The number of methoxy groups -OCH3 is 1. The van der Waals surface area contributed by atoms with Gasteiger partial charge in [-0.2, -0.15) is 0 Å². The van der Waals surface area contributed by atoms with Gasteiger partial charge in [-0.1, -0.05) is 12.1 Å². The lowest BCUT2D eigenvalue weighted by Crippen LogP contribution is -2.20. The highest BCUT2D eigenvalue weighted by atomic mass is 16.5. The topological polar surface area (TPSA) is 43.4 Å². The smallest absolute Gasteiger partial charge is 0.337 e. The van der Waals surface area contributed by atoms with E-state index in [4.69, 9.17) is 0 Å². The molecule has 0 saturated heterocycles. The highest BCUT2D eigenvalue weighted by Crippen LogP contribution is 2.50. The third-order valence-corrected chi connectivity index (χ3v) is 4.34. The third-order valence-electron chi connectivity index (χ3n) is 4.34. The second-order valence-electron chi connectivity index (χ2n) is 5.26. The number of ether oxygens (including phenoxy) is 1. The summed E-state index contributed by atoms with van der Waals surface area (Å²) < 4.78 is 4.67. The molecule has 3 rings (SSSR count). The van der Waals surface area contributed by atoms with E-state index in [1.54, 1.807) is 12.1 Å². The first-order chi connectivity index (χ1) is 8.70. The number of fused-ring (bicyclic) bond motifs is 2. The van der Waals surface area contributed by atoms with Gasteiger partial charge in [-0.05, 0) is 42.9 Å². The van der Waals surface area contributed by atoms with Crippen LogP contribution in [-0.4, -0.2) is 18.9 Å². The fourth-order valence-corrected chi connectivity index (χ4v) is 3.44. The van der Waals surface area contributed by atoms with Crippen molar-refractivity contribution in [3.05, 3.63) is 35.4 Å². The van der Waals surface area contributed by atoms with Gasteiger partial charge in [-0.25, -0.2) is 4.79 Å². The van der Waals surface area contributed by atoms with Crippen LogP contribution >= 0.6 is 0 Å². The van der Waals surface area contributed by atoms with Crippen LogP contribution in [0.2, 0.25) is 0 Å². The molecule has 3 atom stereocenters. The summed E-state index contributed by atoms with van der Waals surface area (Å²) in [7, 11) is 1.37. The first-order valence-corrected chi connectivity index (χ1v) is 6.42. The zero-order chi connectivity index (χ0) is 12.7. The first-order valence-electron chi connectivity index (χ1n) is 6.42. The van der Waals surface area contributed by atoms with Crippen LogP contribution in [0.15, 0.2) is 24.3 Å². The van der Waals surface area contributed by atoms with Crippen molar-refractivity contribution in [2.75, 3.05) is 7.11 Å². The maximum Gasteiger partial charge on any atom is 0.337 e. The molecule has 0 spiro atoms. The van der Waals surface area contributed by atoms with Crippen LogP contribution in [-0.2, 0) is 9.53 Å². The van der Waals surface area contributed by atoms with Gasteiger partial charge in [0.05, 0.1) is 12.7 Å². The van der Waals surface area contributed by atoms with Crippen LogP contribution in [0.25, 0.3) is 0 Å². The van der Waals surface area contributed by atoms with Crippen molar-refractivity contribution in [1.29, 1.82) is 0 Å². The number of rotatable bonds is 2. The maximum absolute atomic E-state index is 12.2. The Balaban J connectivity index is 1.85. The molecular formula is C15H16O3. The zero-order valence-electron chi connectivity index (χ0n) is 10.4. The number of ketones is 1. The predicted molar refractivity (Wildman–Crippen MR) is 66.4 cm³/mol. The Morgan fingerprint density at radius 2 is 1.94 bits per heavy atom. The fourth-order valence-electron chi connectivity index (χ4n) is 3.44. The summed E-state index contributed by atoms with van der Waals surface area (Å²) in [5.41, 5.74) is 1.59. The Labute approximate surface area is 106 Å². The van der Waals surface area contributed by atoms with Gasteiger partial charge in [0.2, 0.25) is 0 Å². The minimum atomic E-state index is -0.333. The van der Waals surface area contributed by atoms with Gasteiger partial charge in [-0.15, -0.1) is 0 Å². The van der Waals surface area contributed by atoms with Gasteiger partial charge in [0.25, 0.3) is 0 Å². The quantitative estimate of drug-likeness (QED) is 0.751. The van der Waals surface area contributed by atoms with Gasteiger partial charge in [0.15, 0.2) is 0 Å². The van der Waals surface area contributed by atoms with E-state index in [0.717, 1.165) is 18.4 Å². The van der Waals surface area contributed by atoms with Crippen LogP contribution in [0.4, 0.5) is 0 Å². The van der Waals surface area contributed by atoms with Crippen molar-refractivity contribution in [3.63, 3.8) is 0 Å². The number of carbonyl (C=O) groups is 2. The molecule has 2 aliphatic rings. The Bertz CT molecular complexity index is 489. The standard InChI is InChI=1S/C15H16O3/c1-18-15(17)10-4-2-9(3-5-10)13-11-6-7-12(8-11)14(13)16/h2-5,11-13H,6-8H2,1H3/t11-,12+,13-/m0/s1. The minimum Gasteiger partial charge on any atom is -0.465 e. The van der Waals surface area contributed by atoms with Gasteiger partial charge < -0.3 is 4.74 Å². The SMILES string of the molecule is COC(=O)c1ccc([C@@H]2C(=O)[C@@H]3CC[C@H]2C3)cc1. The van der Waals surface area contributed by atoms with Gasteiger partial charge in [-0.3, -0.25) is 4.79 Å². The van der Waals surface area contributed by atoms with E-state index in [1.165, 1.54) is 13.5 Å². The number of hydrogen-bond donors (Lipinski definition) is 0. The van der Waals surface area contributed by atoms with E-state index in [9.17, 15) is 9.59 Å². The fraction of sp³-hybridized carbons (Fsp3) is 0.467. The molecule has 0 amide bonds. The molecule has 0 aliphatic heterocycles. The van der Waals surface area contributed by atoms with Gasteiger partial charge in [0.1, 0.15) is 5.78 Å². The number of esters is 1. The molecule has 3 nitrogen and oxygen atoms in total. The molecule has 2 bridgehead atoms. The summed E-state index contributed by atoms with van der Waals surface area (Å²) in [5, 5.41) is 0. The number of benzene rings is 1. The molecule has 2 aliphatic carbocycles. The number of carbonyl (C=O) groups excluding carboxylic acids is 2. The van der Waals surface area contributed by atoms with Crippen molar-refractivity contribution in [2.24, 2.45) is 11.8 Å². The molecule has 18 heavy (non-hydrogen) atoms. The van der Waals surface area contributed by atoms with Crippen molar-refractivity contribution in [1.82, 2.24) is 0 Å². The lowest BCUT2D eigenvalue weighted by atomic mass is 9.82. The van der Waals surface area contributed by atoms with Crippen LogP contribution in [0, 0.1) is 11.8 Å². The second-order valence-corrected chi connectivity index (χ2v) is 5.26. The van der Waals surface area contributed by atoms with Gasteiger partial charge in [0, 0.05) is 11.8 Å². The molecule has 0 radical (unpaired) electrons. The maximum atomic E-state index is 12.2. The van der Waals surface area contributed by atoms with E-state index < -0.39 is 0 Å². The average Bonchev–Trinajstić information content (AvgIpc) is 2.99. The molecular weight excluding hydrogens is 228 g/mol. The number of Topliss-reactive ketones (excluding diaryl/α,β-unsaturated/α-hetero) is 1. The molecule has 0 aromatic heterocycles. The van der Waals surface area contributed by atoms with E-state index in [-0.39, 0.29) is 11.9 Å². The molecule has 2 saturated carbocycles. The first kappa shape index (κ1) is 11.5. The van der Waals surface area contributed by atoms with E-state index in [1.807, 2.05) is 12.1 Å². The van der Waals surface area contributed by atoms with Crippen molar-refractivity contribution in [2.45, 2.75) is 25.2 Å². The highest BCUT2D eigenvalue weighted by molar-refractivity contribution is 5.92. The van der Waals surface area contributed by atoms with Crippen molar-refractivity contribution >= 4 is 11.8 Å². The van der Waals surface area contributed by atoms with E-state index >= 15 is 0 Å². The lowest BCUT2D eigenvalue weighted by Gasteiger charge is -2.20. The van der Waals surface area contributed by atoms with Crippen molar-refractivity contribution < 1.29 is 14.3 Å². The summed E-state index contributed by atoms with van der Waals surface area (Å²) in [6, 6.07) is 7.30. The van der Waals surface area contributed by atoms with E-state index in [2.05, 4.69) is 4.74 Å². The molecule has 0 unspecified atom stereocenters. The second kappa shape index (κ2) is 4.23. The Hall–Kier alpha value is -1.64. The van der Waals surface area contributed by atoms with Crippen LogP contribution in [0.3, 0.4) is 0 Å². The van der Waals surface area contributed by atoms with Crippen LogP contribution in [0.5, 0.6) is 0 Å². The lowest BCUT2D eigenvalue weighted by molar-refractivity contribution is -0.123. The predicted octanol–water partition coefficient (Wildman–Crippen LogP) is 2.56. The molecule has 1 aromatic rings. The summed E-state index contributed by atoms with van der Waals surface area (Å²) in [6.07, 6.45) is 3.29. The highest BCUT2D eigenvalue weighted by Gasteiger charge is 2.47. The Kier molecular flexibility index (Phi) is 2.69. The molecule has 0 N–H and O–H groups in total. The summed E-state index contributed by atoms with van der Waals surface area (Å²) in [4.78, 5) is 23.5. The zero-order valence-corrected chi connectivity index (χ0v) is 10.4. The van der Waals surface area contributed by atoms with Crippen molar-refractivity contribution in [3.8, 4) is 0 Å².